The molecule has 21 heavy (non-hydrogen) atoms. The first kappa shape index (κ1) is 15.4. The number of nitrogens with one attached hydrogen (secondary N) is 1. The molecule has 0 amide bonds. The fourth-order valence-corrected chi connectivity index (χ4v) is 2.32. The van der Waals surface area contributed by atoms with Crippen LogP contribution in [0, 0.1) is 0 Å². The molecule has 5 nitrogen and oxygen atoms in total. The smallest absolute Gasteiger partial charge is 0.355 e. The molecule has 0 radical (unpaired) electrons. The molecule has 0 saturated carbocycles. The number of ether oxygens (including phenoxy) is 2. The van der Waals surface area contributed by atoms with E-state index >= 15 is 0 Å². The first-order valence-electron chi connectivity index (χ1n) is 6.69. The van der Waals surface area contributed by atoms with Crippen LogP contribution in [0.3, 0.4) is 0 Å². The van der Waals surface area contributed by atoms with Gasteiger partial charge in [-0.2, -0.15) is 0 Å². The van der Waals surface area contributed by atoms with Gasteiger partial charge >= 0.3 is 11.9 Å². The minimum Gasteiger partial charge on any atom is -0.466 e. The maximum absolute atomic E-state index is 12.0. The predicted octanol–water partition coefficient (Wildman–Crippen LogP) is 3.10. The van der Waals surface area contributed by atoms with E-state index in [1.165, 1.54) is 0 Å². The van der Waals surface area contributed by atoms with Crippen LogP contribution in [0.2, 0.25) is 5.02 Å². The number of halogens is 1. The summed E-state index contributed by atoms with van der Waals surface area (Å²) in [6.45, 7) is 4.01. The minimum atomic E-state index is -0.496. The second-order valence-corrected chi connectivity index (χ2v) is 4.81. The Kier molecular flexibility index (Phi) is 4.85. The van der Waals surface area contributed by atoms with E-state index in [1.54, 1.807) is 32.0 Å². The van der Waals surface area contributed by atoms with Gasteiger partial charge in [0.25, 0.3) is 0 Å². The van der Waals surface area contributed by atoms with Gasteiger partial charge in [0.1, 0.15) is 5.69 Å². The Hall–Kier alpha value is -2.01. The number of carbonyl (C=O) groups is 2. The maximum atomic E-state index is 12.0. The second-order valence-electron chi connectivity index (χ2n) is 4.37. The fraction of sp³-hybridized carbons (Fsp3) is 0.333. The Morgan fingerprint density at radius 3 is 2.57 bits per heavy atom. The Labute approximate surface area is 127 Å². The SMILES string of the molecule is CCOC(=O)Cc1c(C(=O)OCC)[nH]c2cc(Cl)ccc12. The molecule has 6 heteroatoms. The van der Waals surface area contributed by atoms with Gasteiger partial charge in [0.05, 0.1) is 19.6 Å². The summed E-state index contributed by atoms with van der Waals surface area (Å²) < 4.78 is 9.97. The van der Waals surface area contributed by atoms with Crippen LogP contribution in [-0.2, 0) is 20.7 Å². The van der Waals surface area contributed by atoms with Gasteiger partial charge in [-0.3, -0.25) is 4.79 Å². The van der Waals surface area contributed by atoms with Crippen molar-refractivity contribution < 1.29 is 19.1 Å². The van der Waals surface area contributed by atoms with Crippen LogP contribution in [0.4, 0.5) is 0 Å². The average molecular weight is 310 g/mol. The minimum absolute atomic E-state index is 0.00359. The topological polar surface area (TPSA) is 68.4 Å². The van der Waals surface area contributed by atoms with Gasteiger partial charge in [0.15, 0.2) is 0 Å². The molecule has 0 aliphatic carbocycles. The lowest BCUT2D eigenvalue weighted by Crippen LogP contribution is -2.12. The fourth-order valence-electron chi connectivity index (χ4n) is 2.15. The highest BCUT2D eigenvalue weighted by molar-refractivity contribution is 6.31. The number of benzene rings is 1. The molecule has 2 rings (SSSR count). The van der Waals surface area contributed by atoms with Crippen LogP contribution in [0.15, 0.2) is 18.2 Å². The van der Waals surface area contributed by atoms with Gasteiger partial charge in [0.2, 0.25) is 0 Å². The van der Waals surface area contributed by atoms with Crippen molar-refractivity contribution in [1.82, 2.24) is 4.98 Å². The van der Waals surface area contributed by atoms with E-state index in [1.807, 2.05) is 0 Å². The van der Waals surface area contributed by atoms with Crippen molar-refractivity contribution in [3.8, 4) is 0 Å². The highest BCUT2D eigenvalue weighted by Gasteiger charge is 2.21. The average Bonchev–Trinajstić information content (AvgIpc) is 2.77. The van der Waals surface area contributed by atoms with Gasteiger partial charge in [-0.05, 0) is 26.0 Å². The van der Waals surface area contributed by atoms with E-state index in [0.717, 1.165) is 5.39 Å². The van der Waals surface area contributed by atoms with Crippen molar-refractivity contribution in [1.29, 1.82) is 0 Å². The molecule has 1 aromatic carbocycles. The molecular weight excluding hydrogens is 294 g/mol. The molecule has 112 valence electrons. The van der Waals surface area contributed by atoms with E-state index < -0.39 is 5.97 Å². The lowest BCUT2D eigenvalue weighted by Gasteiger charge is -2.04. The third-order valence-electron chi connectivity index (χ3n) is 2.97. The zero-order valence-corrected chi connectivity index (χ0v) is 12.6. The number of H-pyrrole nitrogens is 1. The number of rotatable bonds is 5. The number of aromatic amines is 1. The summed E-state index contributed by atoms with van der Waals surface area (Å²) in [5, 5.41) is 1.30. The summed E-state index contributed by atoms with van der Waals surface area (Å²) in [6, 6.07) is 5.18. The number of fused-ring (bicyclic) bond motifs is 1. The van der Waals surface area contributed by atoms with Gasteiger partial charge in [-0.25, -0.2) is 4.79 Å². The van der Waals surface area contributed by atoms with E-state index in [2.05, 4.69) is 4.98 Å². The molecule has 0 bridgehead atoms. The largest absolute Gasteiger partial charge is 0.466 e. The molecule has 2 aromatic rings. The molecule has 1 heterocycles. The van der Waals surface area contributed by atoms with Crippen LogP contribution >= 0.6 is 11.6 Å². The molecule has 0 atom stereocenters. The van der Waals surface area contributed by atoms with Crippen LogP contribution in [0.25, 0.3) is 10.9 Å². The summed E-state index contributed by atoms with van der Waals surface area (Å²) in [5.74, 6) is -0.886. The molecule has 1 aromatic heterocycles. The predicted molar refractivity (Wildman–Crippen MR) is 79.6 cm³/mol. The van der Waals surface area contributed by atoms with Crippen molar-refractivity contribution >= 4 is 34.4 Å². The van der Waals surface area contributed by atoms with E-state index in [-0.39, 0.29) is 24.7 Å². The third kappa shape index (κ3) is 3.36. The van der Waals surface area contributed by atoms with Gasteiger partial charge < -0.3 is 14.5 Å². The number of esters is 2. The van der Waals surface area contributed by atoms with E-state index in [4.69, 9.17) is 21.1 Å². The van der Waals surface area contributed by atoms with Crippen molar-refractivity contribution in [2.75, 3.05) is 13.2 Å². The molecule has 0 aliphatic heterocycles. The second kappa shape index (κ2) is 6.63. The van der Waals surface area contributed by atoms with Crippen LogP contribution < -0.4 is 0 Å². The van der Waals surface area contributed by atoms with Crippen LogP contribution in [0.1, 0.15) is 29.9 Å². The van der Waals surface area contributed by atoms with Crippen LogP contribution in [0.5, 0.6) is 0 Å². The molecule has 0 aliphatic rings. The number of carbonyl (C=O) groups excluding carboxylic acids is 2. The van der Waals surface area contributed by atoms with E-state index in [0.29, 0.717) is 22.7 Å². The molecule has 0 spiro atoms. The lowest BCUT2D eigenvalue weighted by molar-refractivity contribution is -0.142. The number of aromatic nitrogens is 1. The Bertz CT molecular complexity index is 678. The molecule has 0 saturated heterocycles. The highest BCUT2D eigenvalue weighted by Crippen LogP contribution is 2.26. The standard InChI is InChI=1S/C15H16ClNO4/c1-3-20-13(18)8-11-10-6-5-9(16)7-12(10)17-14(11)15(19)21-4-2/h5-7,17H,3-4,8H2,1-2H3. The third-order valence-corrected chi connectivity index (χ3v) is 3.21. The van der Waals surface area contributed by atoms with E-state index in [9.17, 15) is 9.59 Å². The first-order chi connectivity index (χ1) is 10.1. The van der Waals surface area contributed by atoms with Crippen molar-refractivity contribution in [2.24, 2.45) is 0 Å². The monoisotopic (exact) mass is 309 g/mol. The number of hydrogen-bond acceptors (Lipinski definition) is 4. The summed E-state index contributed by atoms with van der Waals surface area (Å²) in [6.07, 6.45) is 0.00359. The normalized spacial score (nSPS) is 10.6. The lowest BCUT2D eigenvalue weighted by atomic mass is 10.1. The van der Waals surface area contributed by atoms with Gasteiger partial charge in [-0.15, -0.1) is 0 Å². The number of hydrogen-bond donors (Lipinski definition) is 1. The molecular formula is C15H16ClNO4. The van der Waals surface area contributed by atoms with Gasteiger partial charge in [0, 0.05) is 21.5 Å². The first-order valence-corrected chi connectivity index (χ1v) is 7.07. The molecule has 0 unspecified atom stereocenters. The zero-order valence-electron chi connectivity index (χ0n) is 11.9. The Morgan fingerprint density at radius 1 is 1.19 bits per heavy atom. The summed E-state index contributed by atoms with van der Waals surface area (Å²) in [7, 11) is 0. The maximum Gasteiger partial charge on any atom is 0.355 e. The van der Waals surface area contributed by atoms with Crippen molar-refractivity contribution in [3.05, 3.63) is 34.5 Å². The Balaban J connectivity index is 2.49. The quantitative estimate of drug-likeness (QED) is 0.862. The summed E-state index contributed by atoms with van der Waals surface area (Å²) >= 11 is 5.95. The summed E-state index contributed by atoms with van der Waals surface area (Å²) in [5.41, 5.74) is 1.52. The van der Waals surface area contributed by atoms with Crippen molar-refractivity contribution in [2.45, 2.75) is 20.3 Å². The summed E-state index contributed by atoms with van der Waals surface area (Å²) in [4.78, 5) is 26.7. The zero-order chi connectivity index (χ0) is 15.4. The highest BCUT2D eigenvalue weighted by atomic mass is 35.5. The molecule has 0 fully saturated rings. The van der Waals surface area contributed by atoms with Gasteiger partial charge in [-0.1, -0.05) is 17.7 Å². The molecule has 1 N–H and O–H groups in total. The Morgan fingerprint density at radius 2 is 1.90 bits per heavy atom. The van der Waals surface area contributed by atoms with Crippen LogP contribution in [-0.4, -0.2) is 30.1 Å². The van der Waals surface area contributed by atoms with Crippen molar-refractivity contribution in [3.63, 3.8) is 0 Å².